The zero-order chi connectivity index (χ0) is 47.5. The number of nitriles is 1. The van der Waals surface area contributed by atoms with E-state index < -0.39 is 11.7 Å². The standard InChI is InChI=1S/C61H35F3N6/c1-66-47-29-44(28-46(35-47)61(62,63)64)52-36-57(69-55-18-10-8-16-48(55)50-22-20-40(32-58(50)69)42-24-26-67-53(30-42)38-12-4-2-5-13-38)45(37-65)34-60(52)70-56-19-11-9-17-49(56)51-23-21-41(33-59(51)70)43-25-27-68-54(31-43)39-14-6-3-7-15-39/h2-36H. The van der Waals surface area contributed by atoms with Gasteiger partial charge in [0.2, 0.25) is 0 Å². The fraction of sp³-hybridized carbons (Fsp3) is 0.0164. The predicted molar refractivity (Wildman–Crippen MR) is 274 cm³/mol. The van der Waals surface area contributed by atoms with E-state index in [-0.39, 0.29) is 11.3 Å². The number of halogens is 3. The third-order valence-electron chi connectivity index (χ3n) is 13.1. The summed E-state index contributed by atoms with van der Waals surface area (Å²) in [6, 6.07) is 65.7. The van der Waals surface area contributed by atoms with Gasteiger partial charge in [-0.2, -0.15) is 18.4 Å². The summed E-state index contributed by atoms with van der Waals surface area (Å²) < 4.78 is 48.6. The number of hydrogen-bond donors (Lipinski definition) is 0. The van der Waals surface area contributed by atoms with Gasteiger partial charge in [-0.05, 0) is 107 Å². The van der Waals surface area contributed by atoms with Crippen LogP contribution < -0.4 is 0 Å². The van der Waals surface area contributed by atoms with E-state index in [1.807, 2.05) is 149 Å². The number of fused-ring (bicyclic) bond motifs is 6. The molecule has 12 rings (SSSR count). The van der Waals surface area contributed by atoms with Gasteiger partial charge in [-0.25, -0.2) is 4.85 Å². The largest absolute Gasteiger partial charge is 0.415 e. The van der Waals surface area contributed by atoms with Gasteiger partial charge in [0.1, 0.15) is 6.07 Å². The average molecular weight is 909 g/mol. The van der Waals surface area contributed by atoms with Gasteiger partial charge in [-0.15, -0.1) is 0 Å². The molecule has 9 heteroatoms. The minimum Gasteiger partial charge on any atom is -0.309 e. The Labute approximate surface area is 399 Å². The highest BCUT2D eigenvalue weighted by Gasteiger charge is 2.32. The van der Waals surface area contributed by atoms with Gasteiger partial charge < -0.3 is 9.13 Å². The second-order valence-electron chi connectivity index (χ2n) is 17.1. The van der Waals surface area contributed by atoms with Crippen molar-refractivity contribution in [1.29, 1.82) is 5.26 Å². The third-order valence-corrected chi connectivity index (χ3v) is 13.1. The summed E-state index contributed by atoms with van der Waals surface area (Å²) in [6.45, 7) is 7.94. The Bertz CT molecular complexity index is 4140. The molecule has 0 aliphatic carbocycles. The van der Waals surface area contributed by atoms with Crippen LogP contribution in [0.1, 0.15) is 11.1 Å². The van der Waals surface area contributed by atoms with Crippen LogP contribution >= 0.6 is 0 Å². The quantitative estimate of drug-likeness (QED) is 0.150. The van der Waals surface area contributed by atoms with Gasteiger partial charge in [-0.3, -0.25) is 9.97 Å². The Kier molecular flexibility index (Phi) is 9.94. The van der Waals surface area contributed by atoms with Crippen molar-refractivity contribution < 1.29 is 13.2 Å². The van der Waals surface area contributed by atoms with Gasteiger partial charge in [0.05, 0.1) is 57.0 Å². The van der Waals surface area contributed by atoms with Crippen molar-refractivity contribution in [2.75, 3.05) is 0 Å². The van der Waals surface area contributed by atoms with Gasteiger partial charge >= 0.3 is 6.18 Å². The van der Waals surface area contributed by atoms with E-state index in [0.717, 1.165) is 101 Å². The van der Waals surface area contributed by atoms with Crippen molar-refractivity contribution in [3.63, 3.8) is 0 Å². The normalized spacial score (nSPS) is 11.6. The van der Waals surface area contributed by atoms with Crippen LogP contribution in [0.4, 0.5) is 18.9 Å². The van der Waals surface area contributed by atoms with Crippen molar-refractivity contribution in [3.05, 3.63) is 235 Å². The highest BCUT2D eigenvalue weighted by molar-refractivity contribution is 6.12. The fourth-order valence-corrected chi connectivity index (χ4v) is 9.84. The van der Waals surface area contributed by atoms with Crippen LogP contribution in [0.5, 0.6) is 0 Å². The molecule has 12 aromatic rings. The SMILES string of the molecule is [C-]#[N+]c1cc(-c2cc(-n3c4ccccc4c4ccc(-c5ccnc(-c6ccccc6)c5)cc43)c(C#N)cc2-n2c3ccccc3c3ccc(-c4ccnc(-c5ccccc5)c4)cc32)cc(C(F)(F)F)c1. The van der Waals surface area contributed by atoms with Crippen molar-refractivity contribution in [2.24, 2.45) is 0 Å². The number of pyridine rings is 2. The lowest BCUT2D eigenvalue weighted by Gasteiger charge is -2.20. The number of hydrogen-bond acceptors (Lipinski definition) is 3. The topological polar surface area (TPSA) is 63.8 Å². The minimum atomic E-state index is -4.74. The molecule has 4 heterocycles. The lowest BCUT2D eigenvalue weighted by Crippen LogP contribution is -2.06. The predicted octanol–water partition coefficient (Wildman–Crippen LogP) is 16.4. The molecule has 330 valence electrons. The first-order valence-electron chi connectivity index (χ1n) is 22.5. The fourth-order valence-electron chi connectivity index (χ4n) is 9.84. The first kappa shape index (κ1) is 41.8. The van der Waals surface area contributed by atoms with Crippen LogP contribution in [-0.4, -0.2) is 19.1 Å². The molecule has 0 atom stereocenters. The molecule has 8 aromatic carbocycles. The molecular formula is C61H35F3N6. The van der Waals surface area contributed by atoms with Gasteiger partial charge in [-0.1, -0.05) is 121 Å². The highest BCUT2D eigenvalue weighted by Crippen LogP contribution is 2.44. The van der Waals surface area contributed by atoms with E-state index in [4.69, 9.17) is 6.57 Å². The van der Waals surface area contributed by atoms with E-state index in [1.165, 1.54) is 6.07 Å². The molecule has 4 aromatic heterocycles. The Morgan fingerprint density at radius 1 is 0.443 bits per heavy atom. The number of nitrogens with zero attached hydrogens (tertiary/aromatic N) is 6. The highest BCUT2D eigenvalue weighted by atomic mass is 19.4. The molecule has 70 heavy (non-hydrogen) atoms. The van der Waals surface area contributed by atoms with E-state index in [2.05, 4.69) is 57.3 Å². The summed E-state index contributed by atoms with van der Waals surface area (Å²) in [5.74, 6) is 0. The Morgan fingerprint density at radius 2 is 0.929 bits per heavy atom. The van der Waals surface area contributed by atoms with Crippen LogP contribution in [0.2, 0.25) is 0 Å². The number of alkyl halides is 3. The van der Waals surface area contributed by atoms with E-state index >= 15 is 0 Å². The zero-order valence-corrected chi connectivity index (χ0v) is 37.0. The van der Waals surface area contributed by atoms with Gasteiger partial charge in [0, 0.05) is 56.2 Å². The molecule has 0 spiro atoms. The van der Waals surface area contributed by atoms with E-state index in [1.54, 1.807) is 18.5 Å². The molecule has 0 saturated carbocycles. The summed E-state index contributed by atoms with van der Waals surface area (Å²) in [4.78, 5) is 12.8. The van der Waals surface area contributed by atoms with Crippen LogP contribution in [-0.2, 0) is 6.18 Å². The molecular weight excluding hydrogens is 874 g/mol. The summed E-state index contributed by atoms with van der Waals surface area (Å²) in [5.41, 5.74) is 11.2. The van der Waals surface area contributed by atoms with E-state index in [0.29, 0.717) is 22.5 Å². The lowest BCUT2D eigenvalue weighted by molar-refractivity contribution is -0.137. The van der Waals surface area contributed by atoms with Crippen LogP contribution in [0, 0.1) is 17.9 Å². The maximum absolute atomic E-state index is 14.8. The van der Waals surface area contributed by atoms with Gasteiger partial charge in [0.25, 0.3) is 0 Å². The monoisotopic (exact) mass is 908 g/mol. The molecule has 0 radical (unpaired) electrons. The van der Waals surface area contributed by atoms with Gasteiger partial charge in [0.15, 0.2) is 5.69 Å². The molecule has 0 bridgehead atoms. The number of rotatable bonds is 7. The summed E-state index contributed by atoms with van der Waals surface area (Å²) >= 11 is 0. The van der Waals surface area contributed by atoms with Crippen molar-refractivity contribution >= 4 is 49.3 Å². The summed E-state index contributed by atoms with van der Waals surface area (Å²) in [7, 11) is 0. The summed E-state index contributed by atoms with van der Waals surface area (Å²) in [5, 5.41) is 15.0. The van der Waals surface area contributed by atoms with Crippen molar-refractivity contribution in [2.45, 2.75) is 6.18 Å². The molecule has 0 saturated heterocycles. The molecule has 0 N–H and O–H groups in total. The second-order valence-corrected chi connectivity index (χ2v) is 17.1. The molecule has 0 amide bonds. The number of benzene rings is 8. The first-order chi connectivity index (χ1) is 34.2. The van der Waals surface area contributed by atoms with Crippen molar-refractivity contribution in [3.8, 4) is 73.3 Å². The smallest absolute Gasteiger partial charge is 0.309 e. The molecule has 0 fully saturated rings. The minimum absolute atomic E-state index is 0.160. The number of para-hydroxylation sites is 2. The van der Waals surface area contributed by atoms with E-state index in [9.17, 15) is 18.4 Å². The first-order valence-corrected chi connectivity index (χ1v) is 22.5. The Balaban J connectivity index is 1.14. The molecule has 6 nitrogen and oxygen atoms in total. The number of aromatic nitrogens is 4. The van der Waals surface area contributed by atoms with Crippen molar-refractivity contribution in [1.82, 2.24) is 19.1 Å². The molecule has 0 unspecified atom stereocenters. The van der Waals surface area contributed by atoms with Crippen LogP contribution in [0.25, 0.3) is 116 Å². The lowest BCUT2D eigenvalue weighted by atomic mass is 9.96. The Hall–Kier alpha value is -9.57. The maximum atomic E-state index is 14.8. The Morgan fingerprint density at radius 3 is 1.44 bits per heavy atom. The molecule has 0 aliphatic heterocycles. The molecule has 0 aliphatic rings. The third kappa shape index (κ3) is 7.13. The summed E-state index contributed by atoms with van der Waals surface area (Å²) in [6.07, 6.45) is -1.17. The van der Waals surface area contributed by atoms with Crippen LogP contribution in [0.3, 0.4) is 0 Å². The maximum Gasteiger partial charge on any atom is 0.415 e. The zero-order valence-electron chi connectivity index (χ0n) is 37.0. The average Bonchev–Trinajstić information content (AvgIpc) is 3.92. The van der Waals surface area contributed by atoms with Crippen LogP contribution in [0.15, 0.2) is 213 Å². The second kappa shape index (κ2) is 16.6.